The quantitative estimate of drug-likeness (QED) is 0.401. The number of non-ortho nitro benzene ring substituents is 1. The zero-order valence-corrected chi connectivity index (χ0v) is 12.3. The third-order valence-corrected chi connectivity index (χ3v) is 3.09. The zero-order valence-electron chi connectivity index (χ0n) is 10.8. The number of benzene rings is 2. The van der Waals surface area contributed by atoms with Crippen LogP contribution < -0.4 is 0 Å². The van der Waals surface area contributed by atoms with Gasteiger partial charge in [-0.25, -0.2) is 4.79 Å². The van der Waals surface area contributed by atoms with E-state index in [2.05, 4.69) is 15.4 Å². The number of carboxylic acid groups (broad SMARTS) is 1. The summed E-state index contributed by atoms with van der Waals surface area (Å²) < 4.78 is 0. The number of H-pyrrole nitrogens is 1. The minimum absolute atomic E-state index is 0. The Bertz CT molecular complexity index is 860. The largest absolute Gasteiger partial charge is 0.478 e. The van der Waals surface area contributed by atoms with Gasteiger partial charge in [0.05, 0.1) is 10.5 Å². The summed E-state index contributed by atoms with van der Waals surface area (Å²) in [7, 11) is 0. The second-order valence-corrected chi connectivity index (χ2v) is 4.29. The van der Waals surface area contributed by atoms with E-state index >= 15 is 0 Å². The molecule has 0 aliphatic heterocycles. The number of carboxylic acids is 1. The number of rotatable bonds is 3. The number of hydrogen-bond acceptors (Lipinski definition) is 5. The van der Waals surface area contributed by atoms with Crippen molar-refractivity contribution in [3.8, 4) is 11.1 Å². The Morgan fingerprint density at radius 3 is 2.41 bits per heavy atom. The average molecular weight is 392 g/mol. The summed E-state index contributed by atoms with van der Waals surface area (Å²) >= 11 is 0. The van der Waals surface area contributed by atoms with Crippen molar-refractivity contribution in [3.05, 3.63) is 52.1 Å². The number of aromatic amines is 1. The Kier molecular flexibility index (Phi) is 4.36. The van der Waals surface area contributed by atoms with Crippen molar-refractivity contribution in [1.82, 2.24) is 15.4 Å². The minimum Gasteiger partial charge on any atom is -0.478 e. The smallest absolute Gasteiger partial charge is 0.338 e. The fourth-order valence-electron chi connectivity index (χ4n) is 2.13. The number of hydrogen-bond donors (Lipinski definition) is 2. The molecule has 0 atom stereocenters. The maximum atomic E-state index is 11.5. The Labute approximate surface area is 138 Å². The summed E-state index contributed by atoms with van der Waals surface area (Å²) in [5, 5.41) is 30.1. The molecule has 3 rings (SSSR count). The average Bonchev–Trinajstić information content (AvgIpc) is 2.94. The number of aromatic carboxylic acids is 1. The van der Waals surface area contributed by atoms with Crippen molar-refractivity contribution in [2.75, 3.05) is 0 Å². The van der Waals surface area contributed by atoms with Crippen LogP contribution in [-0.4, -0.2) is 31.4 Å². The SMILES string of the molecule is O=C(O)c1c(-c2ccc([N+](=O)[O-])cc2)ccc2n[nH]nc12.[Ag]. The van der Waals surface area contributed by atoms with Crippen molar-refractivity contribution in [3.63, 3.8) is 0 Å². The van der Waals surface area contributed by atoms with Crippen molar-refractivity contribution < 1.29 is 37.2 Å². The van der Waals surface area contributed by atoms with Crippen LogP contribution in [0.2, 0.25) is 0 Å². The molecule has 2 aromatic carbocycles. The first-order chi connectivity index (χ1) is 10.1. The van der Waals surface area contributed by atoms with Gasteiger partial charge < -0.3 is 5.11 Å². The van der Waals surface area contributed by atoms with Gasteiger partial charge in [0.15, 0.2) is 0 Å². The molecule has 0 fully saturated rings. The van der Waals surface area contributed by atoms with Gasteiger partial charge in [-0.15, -0.1) is 0 Å². The van der Waals surface area contributed by atoms with Gasteiger partial charge in [0.2, 0.25) is 0 Å². The molecule has 1 heterocycles. The normalized spacial score (nSPS) is 10.2. The molecule has 0 unspecified atom stereocenters. The molecule has 0 aliphatic carbocycles. The number of carbonyl (C=O) groups is 1. The molecule has 0 saturated carbocycles. The summed E-state index contributed by atoms with van der Waals surface area (Å²) in [6, 6.07) is 8.91. The Hall–Kier alpha value is -2.55. The van der Waals surface area contributed by atoms with E-state index in [1.807, 2.05) is 0 Å². The Morgan fingerprint density at radius 1 is 1.14 bits per heavy atom. The van der Waals surface area contributed by atoms with Crippen LogP contribution >= 0.6 is 0 Å². The van der Waals surface area contributed by atoms with Gasteiger partial charge in [-0.3, -0.25) is 10.1 Å². The molecule has 0 aliphatic rings. The van der Waals surface area contributed by atoms with Gasteiger partial charge in [-0.1, -0.05) is 6.07 Å². The van der Waals surface area contributed by atoms with E-state index in [-0.39, 0.29) is 39.1 Å². The van der Waals surface area contributed by atoms with Crippen molar-refractivity contribution in [2.45, 2.75) is 0 Å². The molecule has 1 radical (unpaired) electrons. The summed E-state index contributed by atoms with van der Waals surface area (Å²) in [5.41, 5.74) is 1.63. The predicted octanol–water partition coefficient (Wildman–Crippen LogP) is 2.23. The van der Waals surface area contributed by atoms with E-state index in [0.717, 1.165) is 0 Å². The van der Waals surface area contributed by atoms with E-state index in [0.29, 0.717) is 16.6 Å². The van der Waals surface area contributed by atoms with Crippen LogP contribution in [0, 0.1) is 10.1 Å². The monoisotopic (exact) mass is 391 g/mol. The van der Waals surface area contributed by atoms with Crippen LogP contribution in [0.3, 0.4) is 0 Å². The molecule has 115 valence electrons. The number of nitrogens with one attached hydrogen (secondary N) is 1. The molecular formula is C13H8AgN4O4. The van der Waals surface area contributed by atoms with Crippen LogP contribution in [-0.2, 0) is 22.4 Å². The van der Waals surface area contributed by atoms with Crippen molar-refractivity contribution >= 4 is 22.7 Å². The first-order valence-corrected chi connectivity index (χ1v) is 5.89. The topological polar surface area (TPSA) is 122 Å². The summed E-state index contributed by atoms with van der Waals surface area (Å²) in [5.74, 6) is -1.14. The van der Waals surface area contributed by atoms with Crippen LogP contribution in [0.1, 0.15) is 10.4 Å². The molecule has 8 nitrogen and oxygen atoms in total. The molecule has 0 amide bonds. The number of aromatic nitrogens is 3. The van der Waals surface area contributed by atoms with Gasteiger partial charge in [0.25, 0.3) is 5.69 Å². The molecule has 22 heavy (non-hydrogen) atoms. The van der Waals surface area contributed by atoms with Crippen LogP contribution in [0.15, 0.2) is 36.4 Å². The molecule has 0 spiro atoms. The maximum Gasteiger partial charge on any atom is 0.338 e. The van der Waals surface area contributed by atoms with E-state index in [1.165, 1.54) is 24.3 Å². The van der Waals surface area contributed by atoms with Crippen molar-refractivity contribution in [1.29, 1.82) is 0 Å². The fourth-order valence-corrected chi connectivity index (χ4v) is 2.13. The molecule has 9 heteroatoms. The van der Waals surface area contributed by atoms with Gasteiger partial charge in [-0.2, -0.15) is 15.4 Å². The summed E-state index contributed by atoms with van der Waals surface area (Å²) in [6.07, 6.45) is 0. The fraction of sp³-hybridized carbons (Fsp3) is 0. The third-order valence-electron chi connectivity index (χ3n) is 3.09. The summed E-state index contributed by atoms with van der Waals surface area (Å²) in [6.45, 7) is 0. The van der Waals surface area contributed by atoms with Gasteiger partial charge in [0.1, 0.15) is 11.0 Å². The number of nitrogens with zero attached hydrogens (tertiary/aromatic N) is 3. The first-order valence-electron chi connectivity index (χ1n) is 5.89. The Morgan fingerprint density at radius 2 is 1.82 bits per heavy atom. The standard InChI is InChI=1S/C13H8N4O4.Ag/c18-13(19)11-9(5-6-10-12(11)15-16-14-10)7-1-3-8(4-2-7)17(20)21;/h1-6H,(H,18,19)(H,14,15,16);. The third kappa shape index (κ3) is 2.62. The maximum absolute atomic E-state index is 11.5. The first kappa shape index (κ1) is 15.8. The predicted molar refractivity (Wildman–Crippen MR) is 72.9 cm³/mol. The van der Waals surface area contributed by atoms with E-state index in [9.17, 15) is 20.0 Å². The molecule has 3 aromatic rings. The van der Waals surface area contributed by atoms with Gasteiger partial charge in [0, 0.05) is 34.5 Å². The summed E-state index contributed by atoms with van der Waals surface area (Å²) in [4.78, 5) is 21.6. The van der Waals surface area contributed by atoms with Gasteiger partial charge in [-0.05, 0) is 29.3 Å². The van der Waals surface area contributed by atoms with E-state index in [1.54, 1.807) is 12.1 Å². The van der Waals surface area contributed by atoms with Crippen molar-refractivity contribution in [2.24, 2.45) is 0 Å². The molecule has 0 bridgehead atoms. The Balaban J connectivity index is 0.00000176. The van der Waals surface area contributed by atoms with Crippen LogP contribution in [0.5, 0.6) is 0 Å². The van der Waals surface area contributed by atoms with Gasteiger partial charge >= 0.3 is 5.97 Å². The number of nitro benzene ring substituents is 1. The second-order valence-electron chi connectivity index (χ2n) is 4.29. The van der Waals surface area contributed by atoms with E-state index in [4.69, 9.17) is 0 Å². The molecular weight excluding hydrogens is 384 g/mol. The molecule has 1 aromatic heterocycles. The minimum atomic E-state index is -1.14. The number of fused-ring (bicyclic) bond motifs is 1. The zero-order chi connectivity index (χ0) is 15.0. The van der Waals surface area contributed by atoms with Crippen LogP contribution in [0.4, 0.5) is 5.69 Å². The van der Waals surface area contributed by atoms with Crippen LogP contribution in [0.25, 0.3) is 22.2 Å². The van der Waals surface area contributed by atoms with E-state index < -0.39 is 10.9 Å². The second kappa shape index (κ2) is 6.06. The molecule has 2 N–H and O–H groups in total. The molecule has 0 saturated heterocycles. The number of nitro groups is 1.